The van der Waals surface area contributed by atoms with Crippen LogP contribution in [-0.4, -0.2) is 34.1 Å². The molecule has 1 aliphatic heterocycles. The molecule has 0 unspecified atom stereocenters. The minimum absolute atomic E-state index is 0.193. The quantitative estimate of drug-likeness (QED) is 0.759. The van der Waals surface area contributed by atoms with E-state index in [1.54, 1.807) is 34.8 Å². The minimum Gasteiger partial charge on any atom is -0.472 e. The molecule has 3 rings (SSSR count). The molecule has 0 radical (unpaired) electrons. The van der Waals surface area contributed by atoms with Crippen molar-refractivity contribution in [2.24, 2.45) is 0 Å². The summed E-state index contributed by atoms with van der Waals surface area (Å²) in [5, 5.41) is 1.95. The summed E-state index contributed by atoms with van der Waals surface area (Å²) >= 11 is 1.56. The summed E-state index contributed by atoms with van der Waals surface area (Å²) in [5.74, 6) is -0.798. The summed E-state index contributed by atoms with van der Waals surface area (Å²) in [7, 11) is 0. The van der Waals surface area contributed by atoms with Gasteiger partial charge in [-0.3, -0.25) is 19.3 Å². The maximum absolute atomic E-state index is 12.6. The second-order valence-corrected chi connectivity index (χ2v) is 6.37. The smallest absolute Gasteiger partial charge is 0.243 e. The molecule has 7 heteroatoms. The molecule has 23 heavy (non-hydrogen) atoms. The lowest BCUT2D eigenvalue weighted by Crippen LogP contribution is -2.41. The Morgan fingerprint density at radius 3 is 2.61 bits per heavy atom. The second kappa shape index (κ2) is 6.78. The fourth-order valence-electron chi connectivity index (χ4n) is 2.46. The van der Waals surface area contributed by atoms with Crippen molar-refractivity contribution in [3.8, 4) is 0 Å². The van der Waals surface area contributed by atoms with Gasteiger partial charge in [0.2, 0.25) is 17.7 Å². The topological polar surface area (TPSA) is 70.8 Å². The highest BCUT2D eigenvalue weighted by Crippen LogP contribution is 2.17. The van der Waals surface area contributed by atoms with E-state index in [2.05, 4.69) is 0 Å². The molecule has 1 saturated heterocycles. The van der Waals surface area contributed by atoms with E-state index >= 15 is 0 Å². The molecule has 2 aromatic rings. The van der Waals surface area contributed by atoms with Crippen LogP contribution in [0.2, 0.25) is 0 Å². The molecule has 6 nitrogen and oxygen atoms in total. The van der Waals surface area contributed by atoms with Gasteiger partial charge in [-0.25, -0.2) is 0 Å². The predicted molar refractivity (Wildman–Crippen MR) is 83.2 cm³/mol. The van der Waals surface area contributed by atoms with Crippen molar-refractivity contribution in [3.05, 3.63) is 46.5 Å². The third-order valence-corrected chi connectivity index (χ3v) is 4.54. The van der Waals surface area contributed by atoms with Crippen molar-refractivity contribution in [3.63, 3.8) is 0 Å². The number of carbonyl (C=O) groups is 3. The monoisotopic (exact) mass is 332 g/mol. The largest absolute Gasteiger partial charge is 0.472 e. The lowest BCUT2D eigenvalue weighted by molar-refractivity contribution is -0.146. The fourth-order valence-corrected chi connectivity index (χ4v) is 3.18. The zero-order valence-corrected chi connectivity index (χ0v) is 13.3. The maximum atomic E-state index is 12.6. The zero-order chi connectivity index (χ0) is 16.2. The third-order valence-electron chi connectivity index (χ3n) is 3.68. The van der Waals surface area contributed by atoms with Gasteiger partial charge in [0.05, 0.1) is 19.1 Å². The van der Waals surface area contributed by atoms with Crippen molar-refractivity contribution < 1.29 is 18.8 Å². The van der Waals surface area contributed by atoms with Crippen LogP contribution in [0.25, 0.3) is 0 Å². The van der Waals surface area contributed by atoms with Crippen molar-refractivity contribution >= 4 is 29.1 Å². The summed E-state index contributed by atoms with van der Waals surface area (Å²) in [6, 6.07) is 5.67. The van der Waals surface area contributed by atoms with Gasteiger partial charge in [-0.1, -0.05) is 6.07 Å². The highest BCUT2D eigenvalue weighted by atomic mass is 32.1. The van der Waals surface area contributed by atoms with Crippen LogP contribution >= 0.6 is 11.3 Å². The number of imide groups is 1. The SMILES string of the molecule is O=C(CN1C(=O)CCC1=O)N(Cc1ccoc1)Cc1cccs1. The number of hydrogen-bond donors (Lipinski definition) is 0. The number of rotatable bonds is 6. The van der Waals surface area contributed by atoms with Crippen LogP contribution in [-0.2, 0) is 27.5 Å². The highest BCUT2D eigenvalue weighted by molar-refractivity contribution is 7.09. The average molecular weight is 332 g/mol. The standard InChI is InChI=1S/C16H16N2O4S/c19-14-3-4-15(20)18(14)10-16(21)17(8-12-5-6-22-11-12)9-13-2-1-7-23-13/h1-2,5-7,11H,3-4,8-10H2. The molecule has 0 saturated carbocycles. The minimum atomic E-state index is -0.275. The molecule has 120 valence electrons. The van der Waals surface area contributed by atoms with Gasteiger partial charge in [0, 0.05) is 29.8 Å². The van der Waals surface area contributed by atoms with Gasteiger partial charge in [-0.15, -0.1) is 11.3 Å². The van der Waals surface area contributed by atoms with E-state index in [1.165, 1.54) is 0 Å². The Morgan fingerprint density at radius 1 is 1.22 bits per heavy atom. The lowest BCUT2D eigenvalue weighted by atomic mass is 10.3. The maximum Gasteiger partial charge on any atom is 0.243 e. The summed E-state index contributed by atoms with van der Waals surface area (Å²) in [6.07, 6.45) is 3.52. The summed E-state index contributed by atoms with van der Waals surface area (Å²) in [4.78, 5) is 39.7. The Bertz CT molecular complexity index is 642. The molecule has 1 aliphatic rings. The zero-order valence-electron chi connectivity index (χ0n) is 12.4. The Kier molecular flexibility index (Phi) is 4.57. The number of nitrogens with zero attached hydrogens (tertiary/aromatic N) is 2. The number of furan rings is 1. The molecular formula is C16H16N2O4S. The molecule has 0 atom stereocenters. The van der Waals surface area contributed by atoms with Crippen LogP contribution in [0.5, 0.6) is 0 Å². The van der Waals surface area contributed by atoms with E-state index in [1.807, 2.05) is 17.5 Å². The van der Waals surface area contributed by atoms with E-state index in [0.717, 1.165) is 15.3 Å². The van der Waals surface area contributed by atoms with E-state index in [9.17, 15) is 14.4 Å². The van der Waals surface area contributed by atoms with Crippen molar-refractivity contribution in [2.75, 3.05) is 6.54 Å². The Hall–Kier alpha value is -2.41. The molecule has 0 bridgehead atoms. The van der Waals surface area contributed by atoms with E-state index in [0.29, 0.717) is 13.1 Å². The first-order valence-corrected chi connectivity index (χ1v) is 8.16. The number of likely N-dealkylation sites (tertiary alicyclic amines) is 1. The van der Waals surface area contributed by atoms with Gasteiger partial charge in [0.25, 0.3) is 0 Å². The van der Waals surface area contributed by atoms with Gasteiger partial charge >= 0.3 is 0 Å². The van der Waals surface area contributed by atoms with E-state index in [-0.39, 0.29) is 37.1 Å². The van der Waals surface area contributed by atoms with Crippen LogP contribution in [0.4, 0.5) is 0 Å². The molecule has 0 spiro atoms. The van der Waals surface area contributed by atoms with Gasteiger partial charge in [0.15, 0.2) is 0 Å². The normalized spacial score (nSPS) is 14.5. The summed E-state index contributed by atoms with van der Waals surface area (Å²) in [6.45, 7) is 0.627. The first-order chi connectivity index (χ1) is 11.1. The van der Waals surface area contributed by atoms with Gasteiger partial charge in [-0.05, 0) is 17.5 Å². The van der Waals surface area contributed by atoms with Crippen molar-refractivity contribution in [1.82, 2.24) is 9.80 Å². The van der Waals surface area contributed by atoms with E-state index in [4.69, 9.17) is 4.42 Å². The third kappa shape index (κ3) is 3.68. The lowest BCUT2D eigenvalue weighted by Gasteiger charge is -2.24. The summed E-state index contributed by atoms with van der Waals surface area (Å²) in [5.41, 5.74) is 0.869. The Morgan fingerprint density at radius 2 is 2.00 bits per heavy atom. The first kappa shape index (κ1) is 15.5. The average Bonchev–Trinajstić information content (AvgIpc) is 3.26. The van der Waals surface area contributed by atoms with Gasteiger partial charge < -0.3 is 9.32 Å². The number of thiophene rings is 1. The van der Waals surface area contributed by atoms with Crippen LogP contribution in [0.3, 0.4) is 0 Å². The van der Waals surface area contributed by atoms with E-state index < -0.39 is 0 Å². The van der Waals surface area contributed by atoms with Crippen molar-refractivity contribution in [1.29, 1.82) is 0 Å². The highest BCUT2D eigenvalue weighted by Gasteiger charge is 2.31. The predicted octanol–water partition coefficient (Wildman–Crippen LogP) is 2.02. The van der Waals surface area contributed by atoms with Gasteiger partial charge in [0.1, 0.15) is 6.54 Å². The number of hydrogen-bond acceptors (Lipinski definition) is 5. The molecule has 0 N–H and O–H groups in total. The second-order valence-electron chi connectivity index (χ2n) is 5.33. The van der Waals surface area contributed by atoms with Crippen LogP contribution in [0.15, 0.2) is 40.5 Å². The van der Waals surface area contributed by atoms with Crippen molar-refractivity contribution in [2.45, 2.75) is 25.9 Å². The molecule has 0 aliphatic carbocycles. The molecule has 3 heterocycles. The molecule has 2 aromatic heterocycles. The number of carbonyl (C=O) groups excluding carboxylic acids is 3. The molecular weight excluding hydrogens is 316 g/mol. The number of amides is 3. The fraction of sp³-hybridized carbons (Fsp3) is 0.312. The van der Waals surface area contributed by atoms with Gasteiger partial charge in [-0.2, -0.15) is 0 Å². The van der Waals surface area contributed by atoms with Crippen LogP contribution in [0, 0.1) is 0 Å². The first-order valence-electron chi connectivity index (χ1n) is 7.28. The Labute approximate surface area is 137 Å². The molecule has 0 aromatic carbocycles. The molecule has 1 fully saturated rings. The van der Waals surface area contributed by atoms with Crippen LogP contribution in [0.1, 0.15) is 23.3 Å². The summed E-state index contributed by atoms with van der Waals surface area (Å²) < 4.78 is 5.04. The molecule has 3 amide bonds. The van der Waals surface area contributed by atoms with Crippen LogP contribution < -0.4 is 0 Å². The Balaban J connectivity index is 1.72.